The van der Waals surface area contributed by atoms with Gasteiger partial charge in [0.05, 0.1) is 10.5 Å². The van der Waals surface area contributed by atoms with E-state index in [-0.39, 0.29) is 22.6 Å². The fourth-order valence-corrected chi connectivity index (χ4v) is 1.97. The molecule has 0 aliphatic heterocycles. The third-order valence-electron chi connectivity index (χ3n) is 3.25. The molecule has 0 unspecified atom stereocenters. The van der Waals surface area contributed by atoms with Crippen molar-refractivity contribution in [1.82, 2.24) is 5.16 Å². The van der Waals surface area contributed by atoms with Crippen LogP contribution in [0.15, 0.2) is 28.8 Å². The Balaban J connectivity index is 2.07. The predicted octanol–water partition coefficient (Wildman–Crippen LogP) is 2.38. The van der Waals surface area contributed by atoms with Crippen molar-refractivity contribution in [3.63, 3.8) is 0 Å². The van der Waals surface area contributed by atoms with Crippen LogP contribution >= 0.6 is 0 Å². The molecule has 2 rings (SSSR count). The van der Waals surface area contributed by atoms with Gasteiger partial charge in [-0.25, -0.2) is 4.79 Å². The Bertz CT molecular complexity index is 798. The molecule has 1 aromatic carbocycles. The van der Waals surface area contributed by atoms with Gasteiger partial charge in [0.2, 0.25) is 0 Å². The SMILES string of the molecule is Cc1cc(NC(=O)[C@@H](C)OC(=O)c2cccc([N+](=O)[O-])c2C)no1. The van der Waals surface area contributed by atoms with Gasteiger partial charge in [-0.3, -0.25) is 14.9 Å². The van der Waals surface area contributed by atoms with Crippen LogP contribution in [0.3, 0.4) is 0 Å². The molecule has 2 aromatic rings. The molecule has 0 fully saturated rings. The maximum atomic E-state index is 12.2. The Morgan fingerprint density at radius 2 is 2.08 bits per heavy atom. The Morgan fingerprint density at radius 1 is 1.38 bits per heavy atom. The number of nitro benzene ring substituents is 1. The zero-order valence-corrected chi connectivity index (χ0v) is 13.2. The summed E-state index contributed by atoms with van der Waals surface area (Å²) in [5.74, 6) is -0.705. The van der Waals surface area contributed by atoms with Crippen LogP contribution in [0.1, 0.15) is 28.6 Å². The molecule has 0 aliphatic carbocycles. The topological polar surface area (TPSA) is 125 Å². The van der Waals surface area contributed by atoms with Crippen LogP contribution in [0, 0.1) is 24.0 Å². The summed E-state index contributed by atoms with van der Waals surface area (Å²) in [6.07, 6.45) is -1.12. The van der Waals surface area contributed by atoms with Gasteiger partial charge in [-0.1, -0.05) is 11.2 Å². The highest BCUT2D eigenvalue weighted by Crippen LogP contribution is 2.22. The fraction of sp³-hybridized carbons (Fsp3) is 0.267. The lowest BCUT2D eigenvalue weighted by Gasteiger charge is -2.13. The van der Waals surface area contributed by atoms with Gasteiger partial charge in [-0.2, -0.15) is 0 Å². The van der Waals surface area contributed by atoms with E-state index in [0.717, 1.165) is 0 Å². The van der Waals surface area contributed by atoms with Crippen LogP contribution in [0.25, 0.3) is 0 Å². The van der Waals surface area contributed by atoms with Crippen molar-refractivity contribution in [2.24, 2.45) is 0 Å². The molecule has 0 aliphatic rings. The van der Waals surface area contributed by atoms with E-state index < -0.39 is 22.9 Å². The summed E-state index contributed by atoms with van der Waals surface area (Å²) in [6, 6.07) is 5.58. The summed E-state index contributed by atoms with van der Waals surface area (Å²) in [5.41, 5.74) is 0.00740. The number of esters is 1. The van der Waals surface area contributed by atoms with Gasteiger partial charge in [0.15, 0.2) is 11.9 Å². The number of aromatic nitrogens is 1. The first-order valence-electron chi connectivity index (χ1n) is 6.98. The molecular formula is C15H15N3O6. The average molecular weight is 333 g/mol. The number of nitrogens with one attached hydrogen (secondary N) is 1. The molecule has 1 amide bonds. The number of hydrogen-bond acceptors (Lipinski definition) is 7. The Hall–Kier alpha value is -3.23. The van der Waals surface area contributed by atoms with Crippen molar-refractivity contribution < 1.29 is 23.8 Å². The summed E-state index contributed by atoms with van der Waals surface area (Å²) >= 11 is 0. The third kappa shape index (κ3) is 3.75. The second-order valence-corrected chi connectivity index (χ2v) is 5.07. The molecule has 0 saturated heterocycles. The molecule has 0 spiro atoms. The maximum absolute atomic E-state index is 12.2. The molecule has 0 radical (unpaired) electrons. The number of hydrogen-bond donors (Lipinski definition) is 1. The summed E-state index contributed by atoms with van der Waals surface area (Å²) in [5, 5.41) is 16.9. The molecular weight excluding hydrogens is 318 g/mol. The number of carbonyl (C=O) groups is 2. The van der Waals surface area contributed by atoms with E-state index in [1.165, 1.54) is 38.1 Å². The Morgan fingerprint density at radius 3 is 2.67 bits per heavy atom. The highest BCUT2D eigenvalue weighted by molar-refractivity contribution is 5.97. The van der Waals surface area contributed by atoms with E-state index in [2.05, 4.69) is 10.5 Å². The van der Waals surface area contributed by atoms with E-state index >= 15 is 0 Å². The average Bonchev–Trinajstić information content (AvgIpc) is 2.91. The van der Waals surface area contributed by atoms with Gasteiger partial charge in [0.25, 0.3) is 11.6 Å². The third-order valence-corrected chi connectivity index (χ3v) is 3.25. The van der Waals surface area contributed by atoms with Crippen LogP contribution in [0.5, 0.6) is 0 Å². The van der Waals surface area contributed by atoms with Crippen LogP contribution < -0.4 is 5.32 Å². The first kappa shape index (κ1) is 17.1. The normalized spacial score (nSPS) is 11.6. The summed E-state index contributed by atoms with van der Waals surface area (Å²) in [7, 11) is 0. The highest BCUT2D eigenvalue weighted by atomic mass is 16.6. The number of ether oxygens (including phenoxy) is 1. The van der Waals surface area contributed by atoms with E-state index in [9.17, 15) is 19.7 Å². The molecule has 24 heavy (non-hydrogen) atoms. The van der Waals surface area contributed by atoms with Gasteiger partial charge in [0.1, 0.15) is 5.76 Å². The minimum atomic E-state index is -1.12. The number of amides is 1. The predicted molar refractivity (Wildman–Crippen MR) is 82.6 cm³/mol. The van der Waals surface area contributed by atoms with Crippen molar-refractivity contribution in [2.75, 3.05) is 5.32 Å². The van der Waals surface area contributed by atoms with Crippen LogP contribution in [0.2, 0.25) is 0 Å². The first-order chi connectivity index (χ1) is 11.3. The second-order valence-electron chi connectivity index (χ2n) is 5.07. The zero-order chi connectivity index (χ0) is 17.9. The molecule has 1 N–H and O–H groups in total. The molecule has 0 bridgehead atoms. The number of carbonyl (C=O) groups excluding carboxylic acids is 2. The standard InChI is InChI=1S/C15H15N3O6/c1-8-7-13(17-24-8)16-14(19)10(3)23-15(20)11-5-4-6-12(9(11)2)18(21)22/h4-7,10H,1-3H3,(H,16,17,19)/t10-/m1/s1. The van der Waals surface area contributed by atoms with E-state index in [0.29, 0.717) is 5.76 Å². The zero-order valence-electron chi connectivity index (χ0n) is 13.2. The van der Waals surface area contributed by atoms with Crippen LogP contribution in [-0.2, 0) is 9.53 Å². The Kier molecular flexibility index (Phi) is 4.93. The fourth-order valence-electron chi connectivity index (χ4n) is 1.97. The first-order valence-corrected chi connectivity index (χ1v) is 6.98. The van der Waals surface area contributed by atoms with Gasteiger partial charge in [-0.05, 0) is 26.8 Å². The summed E-state index contributed by atoms with van der Waals surface area (Å²) in [6.45, 7) is 4.49. The molecule has 1 atom stereocenters. The smallest absolute Gasteiger partial charge is 0.339 e. The second kappa shape index (κ2) is 6.90. The van der Waals surface area contributed by atoms with E-state index in [4.69, 9.17) is 9.26 Å². The Labute approximate surface area is 136 Å². The number of rotatable bonds is 5. The highest BCUT2D eigenvalue weighted by Gasteiger charge is 2.23. The number of anilines is 1. The van der Waals surface area contributed by atoms with Gasteiger partial charge in [-0.15, -0.1) is 0 Å². The van der Waals surface area contributed by atoms with Crippen molar-refractivity contribution >= 4 is 23.4 Å². The van der Waals surface area contributed by atoms with Gasteiger partial charge >= 0.3 is 5.97 Å². The summed E-state index contributed by atoms with van der Waals surface area (Å²) < 4.78 is 9.87. The van der Waals surface area contributed by atoms with Crippen molar-refractivity contribution in [1.29, 1.82) is 0 Å². The summed E-state index contributed by atoms with van der Waals surface area (Å²) in [4.78, 5) is 34.4. The lowest BCUT2D eigenvalue weighted by atomic mass is 10.1. The molecule has 1 heterocycles. The quantitative estimate of drug-likeness (QED) is 0.506. The molecule has 1 aromatic heterocycles. The molecule has 9 heteroatoms. The molecule has 0 saturated carbocycles. The van der Waals surface area contributed by atoms with Gasteiger partial charge in [0, 0.05) is 17.7 Å². The minimum absolute atomic E-state index is 0.0288. The largest absolute Gasteiger partial charge is 0.449 e. The monoisotopic (exact) mass is 333 g/mol. The van der Waals surface area contributed by atoms with E-state index in [1.54, 1.807) is 6.92 Å². The molecule has 126 valence electrons. The lowest BCUT2D eigenvalue weighted by Crippen LogP contribution is -2.30. The van der Waals surface area contributed by atoms with Gasteiger partial charge < -0.3 is 14.6 Å². The number of nitrogens with zero attached hydrogens (tertiary/aromatic N) is 2. The van der Waals surface area contributed by atoms with Crippen molar-refractivity contribution in [2.45, 2.75) is 26.9 Å². The molecule has 9 nitrogen and oxygen atoms in total. The lowest BCUT2D eigenvalue weighted by molar-refractivity contribution is -0.385. The van der Waals surface area contributed by atoms with Crippen LogP contribution in [0.4, 0.5) is 11.5 Å². The number of benzene rings is 1. The van der Waals surface area contributed by atoms with Crippen molar-refractivity contribution in [3.8, 4) is 0 Å². The number of nitro groups is 1. The van der Waals surface area contributed by atoms with Crippen LogP contribution in [-0.4, -0.2) is 28.1 Å². The van der Waals surface area contributed by atoms with Crippen molar-refractivity contribution in [3.05, 3.63) is 51.3 Å². The number of aryl methyl sites for hydroxylation is 1. The maximum Gasteiger partial charge on any atom is 0.339 e. The van der Waals surface area contributed by atoms with E-state index in [1.807, 2.05) is 0 Å². The minimum Gasteiger partial charge on any atom is -0.449 e.